The fraction of sp³-hybridized carbons (Fsp3) is 0.333. The lowest BCUT2D eigenvalue weighted by Gasteiger charge is -2.30. The second-order valence-electron chi connectivity index (χ2n) is 7.40. The largest absolute Gasteiger partial charge is 0.490 e. The summed E-state index contributed by atoms with van der Waals surface area (Å²) in [5.74, 6) is -0.630. The van der Waals surface area contributed by atoms with E-state index in [1.807, 2.05) is 6.07 Å². The van der Waals surface area contributed by atoms with Gasteiger partial charge in [-0.1, -0.05) is 6.07 Å². The predicted molar refractivity (Wildman–Crippen MR) is 110 cm³/mol. The average molecular weight is 411 g/mol. The number of rotatable bonds is 5. The van der Waals surface area contributed by atoms with E-state index in [0.29, 0.717) is 28.3 Å². The zero-order chi connectivity index (χ0) is 21.3. The van der Waals surface area contributed by atoms with Gasteiger partial charge in [0.05, 0.1) is 40.8 Å². The summed E-state index contributed by atoms with van der Waals surface area (Å²) in [6, 6.07) is 5.58. The molecule has 4 N–H and O–H groups in total. The maximum Gasteiger partial charge on any atom is 0.339 e. The Kier molecular flexibility index (Phi) is 5.35. The number of pyridine rings is 1. The number of nitrogens with zero attached hydrogens (tertiary/aromatic N) is 3. The first-order valence-corrected chi connectivity index (χ1v) is 9.75. The van der Waals surface area contributed by atoms with Crippen molar-refractivity contribution in [2.24, 2.45) is 0 Å². The van der Waals surface area contributed by atoms with Gasteiger partial charge in [0, 0.05) is 6.04 Å². The number of anilines is 2. The second-order valence-corrected chi connectivity index (χ2v) is 7.40. The molecule has 30 heavy (non-hydrogen) atoms. The van der Waals surface area contributed by atoms with E-state index in [4.69, 9.17) is 10.5 Å². The molecule has 0 amide bonds. The lowest BCUT2D eigenvalue weighted by atomic mass is 9.93. The number of aryl methyl sites for hydroxylation is 1. The number of carbonyl (C=O) groups is 1. The molecule has 1 aliphatic rings. The van der Waals surface area contributed by atoms with Crippen molar-refractivity contribution in [1.82, 2.24) is 15.0 Å². The van der Waals surface area contributed by atoms with E-state index >= 15 is 0 Å². The van der Waals surface area contributed by atoms with Crippen molar-refractivity contribution in [2.45, 2.75) is 44.8 Å². The average Bonchev–Trinajstić information content (AvgIpc) is 2.71. The van der Waals surface area contributed by atoms with Gasteiger partial charge in [0.1, 0.15) is 11.3 Å². The molecule has 0 aliphatic heterocycles. The van der Waals surface area contributed by atoms with Crippen LogP contribution in [0.5, 0.6) is 5.75 Å². The Balaban J connectivity index is 1.48. The Labute approximate surface area is 172 Å². The summed E-state index contributed by atoms with van der Waals surface area (Å²) < 4.78 is 19.2. The minimum atomic E-state index is -1.11. The molecule has 2 heterocycles. The molecule has 4 rings (SSSR count). The van der Waals surface area contributed by atoms with E-state index in [1.54, 1.807) is 19.1 Å². The maximum absolute atomic E-state index is 12.9. The highest BCUT2D eigenvalue weighted by molar-refractivity contribution is 6.06. The fourth-order valence-corrected chi connectivity index (χ4v) is 3.88. The van der Waals surface area contributed by atoms with E-state index in [2.05, 4.69) is 20.3 Å². The van der Waals surface area contributed by atoms with Crippen LogP contribution in [0.2, 0.25) is 0 Å². The normalized spacial score (nSPS) is 18.9. The molecule has 1 aromatic carbocycles. The van der Waals surface area contributed by atoms with E-state index < -0.39 is 11.8 Å². The van der Waals surface area contributed by atoms with Crippen molar-refractivity contribution in [3.63, 3.8) is 0 Å². The van der Waals surface area contributed by atoms with Crippen LogP contribution in [0.1, 0.15) is 41.7 Å². The Morgan fingerprint density at radius 2 is 1.93 bits per heavy atom. The summed E-state index contributed by atoms with van der Waals surface area (Å²) in [6.07, 6.45) is 5.50. The van der Waals surface area contributed by atoms with E-state index in [9.17, 15) is 14.3 Å². The molecule has 0 spiro atoms. The number of benzene rings is 1. The van der Waals surface area contributed by atoms with Crippen LogP contribution in [0.4, 0.5) is 16.0 Å². The molecule has 0 saturated heterocycles. The minimum absolute atomic E-state index is 0.00533. The van der Waals surface area contributed by atoms with Gasteiger partial charge >= 0.3 is 5.97 Å². The third kappa shape index (κ3) is 3.96. The molecular weight excluding hydrogens is 389 g/mol. The van der Waals surface area contributed by atoms with Gasteiger partial charge in [-0.15, -0.1) is 0 Å². The number of hydrogen-bond donors (Lipinski definition) is 3. The molecule has 9 heteroatoms. The minimum Gasteiger partial charge on any atom is -0.490 e. The van der Waals surface area contributed by atoms with Crippen LogP contribution in [0, 0.1) is 12.7 Å². The Hall–Kier alpha value is -3.49. The number of fused-ring (bicyclic) bond motifs is 1. The maximum atomic E-state index is 12.9. The Bertz CT molecular complexity index is 1080. The van der Waals surface area contributed by atoms with Gasteiger partial charge in [0.2, 0.25) is 5.95 Å². The van der Waals surface area contributed by atoms with Gasteiger partial charge < -0.3 is 20.9 Å². The lowest BCUT2D eigenvalue weighted by molar-refractivity contribution is 0.0697. The zero-order valence-corrected chi connectivity index (χ0v) is 16.4. The number of hydrogen-bond acceptors (Lipinski definition) is 7. The van der Waals surface area contributed by atoms with E-state index in [1.165, 1.54) is 0 Å². The quantitative estimate of drug-likeness (QED) is 0.582. The highest BCUT2D eigenvalue weighted by atomic mass is 19.1. The topological polar surface area (TPSA) is 123 Å². The molecule has 1 fully saturated rings. The molecule has 8 nitrogen and oxygen atoms in total. The monoisotopic (exact) mass is 411 g/mol. The van der Waals surface area contributed by atoms with Crippen molar-refractivity contribution in [3.8, 4) is 5.75 Å². The summed E-state index contributed by atoms with van der Waals surface area (Å²) >= 11 is 0. The standard InChI is InChI=1S/C21H22FN5O3/c1-11-17(20(28)29)19(23)18-15(26-11)3-2-4-16(18)30-14-7-5-13(6-8-14)27-21-24-9-12(22)10-25-21/h2-4,9-10,13-14H,5-8H2,1H3,(H2,23,26)(H,28,29)(H,24,25,27). The first-order valence-electron chi connectivity index (χ1n) is 9.75. The van der Waals surface area contributed by atoms with E-state index in [-0.39, 0.29) is 23.4 Å². The van der Waals surface area contributed by atoms with Gasteiger partial charge in [0.25, 0.3) is 0 Å². The van der Waals surface area contributed by atoms with Crippen molar-refractivity contribution in [3.05, 3.63) is 47.7 Å². The summed E-state index contributed by atoms with van der Waals surface area (Å²) in [5.41, 5.74) is 7.35. The van der Waals surface area contributed by atoms with Crippen LogP contribution >= 0.6 is 0 Å². The number of aromatic nitrogens is 3. The first-order chi connectivity index (χ1) is 14.4. The van der Waals surface area contributed by atoms with E-state index in [0.717, 1.165) is 38.1 Å². The van der Waals surface area contributed by atoms with Gasteiger partial charge in [0.15, 0.2) is 5.82 Å². The number of aromatic carboxylic acids is 1. The van der Waals surface area contributed by atoms with Crippen molar-refractivity contribution < 1.29 is 19.0 Å². The SMILES string of the molecule is Cc1nc2cccc(OC3CCC(Nc4ncc(F)cn4)CC3)c2c(N)c1C(=O)O. The number of nitrogen functional groups attached to an aromatic ring is 1. The molecule has 2 aromatic heterocycles. The molecule has 1 saturated carbocycles. The van der Waals surface area contributed by atoms with Gasteiger partial charge in [-0.25, -0.2) is 19.2 Å². The smallest absolute Gasteiger partial charge is 0.339 e. The second kappa shape index (κ2) is 8.10. The molecule has 156 valence electrons. The molecule has 0 bridgehead atoms. The fourth-order valence-electron chi connectivity index (χ4n) is 3.88. The first kappa shape index (κ1) is 19.8. The number of nitrogens with one attached hydrogen (secondary N) is 1. The van der Waals surface area contributed by atoms with Crippen molar-refractivity contribution in [1.29, 1.82) is 0 Å². The predicted octanol–water partition coefficient (Wildman–Crippen LogP) is 3.55. The third-order valence-electron chi connectivity index (χ3n) is 5.33. The van der Waals surface area contributed by atoms with Crippen LogP contribution in [-0.2, 0) is 0 Å². The number of carboxylic acids is 1. The highest BCUT2D eigenvalue weighted by Crippen LogP contribution is 2.35. The highest BCUT2D eigenvalue weighted by Gasteiger charge is 2.25. The van der Waals surface area contributed by atoms with Crippen LogP contribution in [0.3, 0.4) is 0 Å². The number of halogens is 1. The van der Waals surface area contributed by atoms with Crippen LogP contribution in [0.25, 0.3) is 10.9 Å². The molecule has 0 atom stereocenters. The van der Waals surface area contributed by atoms with Gasteiger partial charge in [-0.2, -0.15) is 0 Å². The number of carboxylic acid groups (broad SMARTS) is 1. The Morgan fingerprint density at radius 3 is 2.60 bits per heavy atom. The summed E-state index contributed by atoms with van der Waals surface area (Å²) in [7, 11) is 0. The molecule has 0 radical (unpaired) electrons. The van der Waals surface area contributed by atoms with Crippen LogP contribution in [0.15, 0.2) is 30.6 Å². The molecule has 1 aliphatic carbocycles. The molecular formula is C21H22FN5O3. The summed E-state index contributed by atoms with van der Waals surface area (Å²) in [6.45, 7) is 1.63. The molecule has 3 aromatic rings. The lowest BCUT2D eigenvalue weighted by Crippen LogP contribution is -2.31. The van der Waals surface area contributed by atoms with Crippen molar-refractivity contribution >= 4 is 28.5 Å². The summed E-state index contributed by atoms with van der Waals surface area (Å²) in [4.78, 5) is 23.8. The Morgan fingerprint density at radius 1 is 1.23 bits per heavy atom. The van der Waals surface area contributed by atoms with Crippen LogP contribution < -0.4 is 15.8 Å². The number of nitrogens with two attached hydrogens (primary N) is 1. The van der Waals surface area contributed by atoms with Gasteiger partial charge in [-0.3, -0.25) is 4.98 Å². The third-order valence-corrected chi connectivity index (χ3v) is 5.33. The van der Waals surface area contributed by atoms with Gasteiger partial charge in [-0.05, 0) is 44.7 Å². The molecule has 0 unspecified atom stereocenters. The summed E-state index contributed by atoms with van der Waals surface area (Å²) in [5, 5.41) is 13.2. The van der Waals surface area contributed by atoms with Crippen LogP contribution in [-0.4, -0.2) is 38.2 Å². The van der Waals surface area contributed by atoms with Crippen molar-refractivity contribution in [2.75, 3.05) is 11.1 Å². The number of ether oxygens (including phenoxy) is 1. The zero-order valence-electron chi connectivity index (χ0n) is 16.4.